The molecule has 0 fully saturated rings. The Morgan fingerprint density at radius 1 is 1.05 bits per heavy atom. The van der Waals surface area contributed by atoms with Gasteiger partial charge in [-0.15, -0.1) is 0 Å². The predicted octanol–water partition coefficient (Wildman–Crippen LogP) is 3.68. The molecule has 3 aromatic rings. The van der Waals surface area contributed by atoms with Crippen molar-refractivity contribution in [2.45, 2.75) is 19.9 Å². The van der Waals surface area contributed by atoms with E-state index in [1.54, 1.807) is 0 Å². The average molecular weight is 266 g/mol. The summed E-state index contributed by atoms with van der Waals surface area (Å²) in [5.74, 6) is 0.915. The minimum Gasteiger partial charge on any atom is -0.492 e. The number of hydrogen-bond acceptors (Lipinski definition) is 2. The number of nitrogens with zero attached hydrogens (tertiary/aromatic N) is 2. The third-order valence-corrected chi connectivity index (χ3v) is 3.45. The zero-order valence-corrected chi connectivity index (χ0v) is 11.6. The minimum absolute atomic E-state index is 0.622. The quantitative estimate of drug-likeness (QED) is 0.704. The molecule has 0 N–H and O–H groups in total. The molecule has 0 spiro atoms. The van der Waals surface area contributed by atoms with E-state index in [4.69, 9.17) is 4.74 Å². The van der Waals surface area contributed by atoms with Gasteiger partial charge in [0.05, 0.1) is 18.3 Å². The van der Waals surface area contributed by atoms with Gasteiger partial charge in [-0.25, -0.2) is 0 Å². The monoisotopic (exact) mass is 266 g/mol. The van der Waals surface area contributed by atoms with Crippen molar-refractivity contribution < 1.29 is 4.74 Å². The van der Waals surface area contributed by atoms with Crippen LogP contribution in [0.3, 0.4) is 0 Å². The highest BCUT2D eigenvalue weighted by Crippen LogP contribution is 2.14. The van der Waals surface area contributed by atoms with Gasteiger partial charge in [-0.1, -0.05) is 37.3 Å². The molecule has 1 heterocycles. The first-order chi connectivity index (χ1) is 9.86. The fourth-order valence-corrected chi connectivity index (χ4v) is 2.28. The summed E-state index contributed by atoms with van der Waals surface area (Å²) >= 11 is 0. The van der Waals surface area contributed by atoms with Crippen molar-refractivity contribution in [3.05, 3.63) is 60.3 Å². The van der Waals surface area contributed by atoms with Crippen LogP contribution in [0.1, 0.15) is 12.5 Å². The molecular weight excluding hydrogens is 248 g/mol. The molecule has 3 heteroatoms. The largest absolute Gasteiger partial charge is 0.492 e. The molecule has 3 rings (SSSR count). The standard InChI is InChI=1S/C17H18N2O/c1-2-14-7-9-16(10-8-14)20-12-11-19-17-6-4-3-5-15(17)13-18-19/h3-10,13H,2,11-12H2,1H3. The van der Waals surface area contributed by atoms with Crippen LogP contribution in [-0.4, -0.2) is 16.4 Å². The summed E-state index contributed by atoms with van der Waals surface area (Å²) in [6, 6.07) is 16.5. The normalized spacial score (nSPS) is 10.8. The van der Waals surface area contributed by atoms with E-state index in [1.807, 2.05) is 35.1 Å². The Hall–Kier alpha value is -2.29. The van der Waals surface area contributed by atoms with Crippen LogP contribution in [0.2, 0.25) is 0 Å². The van der Waals surface area contributed by atoms with E-state index in [-0.39, 0.29) is 0 Å². The topological polar surface area (TPSA) is 27.1 Å². The second-order valence-electron chi connectivity index (χ2n) is 4.77. The maximum absolute atomic E-state index is 5.77. The van der Waals surface area contributed by atoms with Crippen LogP contribution in [0, 0.1) is 0 Å². The van der Waals surface area contributed by atoms with Crippen LogP contribution >= 0.6 is 0 Å². The van der Waals surface area contributed by atoms with Gasteiger partial charge in [-0.2, -0.15) is 5.10 Å². The summed E-state index contributed by atoms with van der Waals surface area (Å²) in [6.07, 6.45) is 2.95. The Morgan fingerprint density at radius 2 is 1.85 bits per heavy atom. The lowest BCUT2D eigenvalue weighted by Crippen LogP contribution is -2.09. The first-order valence-corrected chi connectivity index (χ1v) is 6.99. The molecule has 0 radical (unpaired) electrons. The van der Waals surface area contributed by atoms with E-state index in [9.17, 15) is 0 Å². The number of ether oxygens (including phenoxy) is 1. The van der Waals surface area contributed by atoms with Gasteiger partial charge in [-0.3, -0.25) is 4.68 Å². The molecule has 2 aromatic carbocycles. The van der Waals surface area contributed by atoms with Gasteiger partial charge < -0.3 is 4.74 Å². The van der Waals surface area contributed by atoms with Gasteiger partial charge >= 0.3 is 0 Å². The number of rotatable bonds is 5. The Labute approximate surface area is 118 Å². The van der Waals surface area contributed by atoms with Gasteiger partial charge in [0.2, 0.25) is 0 Å². The number of aryl methyl sites for hydroxylation is 1. The molecule has 102 valence electrons. The summed E-state index contributed by atoms with van der Waals surface area (Å²) in [4.78, 5) is 0. The molecule has 3 nitrogen and oxygen atoms in total. The highest BCUT2D eigenvalue weighted by Gasteiger charge is 2.01. The van der Waals surface area contributed by atoms with E-state index in [0.717, 1.165) is 24.2 Å². The summed E-state index contributed by atoms with van der Waals surface area (Å²) in [7, 11) is 0. The molecule has 0 atom stereocenters. The van der Waals surface area contributed by atoms with Crippen LogP contribution in [0.25, 0.3) is 10.9 Å². The number of benzene rings is 2. The summed E-state index contributed by atoms with van der Waals surface area (Å²) in [5, 5.41) is 5.56. The Balaban J connectivity index is 1.62. The zero-order valence-electron chi connectivity index (χ0n) is 11.6. The molecule has 0 aliphatic rings. The van der Waals surface area contributed by atoms with Crippen LogP contribution in [0.4, 0.5) is 0 Å². The third-order valence-electron chi connectivity index (χ3n) is 3.45. The number of fused-ring (bicyclic) bond motifs is 1. The molecule has 0 aliphatic carbocycles. The smallest absolute Gasteiger partial charge is 0.119 e. The van der Waals surface area contributed by atoms with Crippen LogP contribution < -0.4 is 4.74 Å². The first kappa shape index (κ1) is 12.7. The van der Waals surface area contributed by atoms with E-state index in [1.165, 1.54) is 10.9 Å². The van der Waals surface area contributed by atoms with Crippen molar-refractivity contribution in [3.8, 4) is 5.75 Å². The fourth-order valence-electron chi connectivity index (χ4n) is 2.28. The molecule has 0 bridgehead atoms. The fraction of sp³-hybridized carbons (Fsp3) is 0.235. The lowest BCUT2D eigenvalue weighted by molar-refractivity contribution is 0.293. The summed E-state index contributed by atoms with van der Waals surface area (Å²) in [6.45, 7) is 3.53. The molecule has 20 heavy (non-hydrogen) atoms. The van der Waals surface area contributed by atoms with Gasteiger partial charge in [0, 0.05) is 5.39 Å². The zero-order chi connectivity index (χ0) is 13.8. The van der Waals surface area contributed by atoms with Crippen molar-refractivity contribution in [3.63, 3.8) is 0 Å². The lowest BCUT2D eigenvalue weighted by atomic mass is 10.2. The Kier molecular flexibility index (Phi) is 3.68. The number of hydrogen-bond donors (Lipinski definition) is 0. The molecular formula is C17H18N2O. The Bertz CT molecular complexity index is 686. The minimum atomic E-state index is 0.622. The highest BCUT2D eigenvalue weighted by molar-refractivity contribution is 5.78. The van der Waals surface area contributed by atoms with E-state index >= 15 is 0 Å². The molecule has 0 saturated carbocycles. The molecule has 0 unspecified atom stereocenters. The van der Waals surface area contributed by atoms with Crippen LogP contribution in [0.15, 0.2) is 54.7 Å². The van der Waals surface area contributed by atoms with Crippen LogP contribution in [0.5, 0.6) is 5.75 Å². The van der Waals surface area contributed by atoms with Crippen molar-refractivity contribution in [2.75, 3.05) is 6.61 Å². The number of aromatic nitrogens is 2. The molecule has 0 amide bonds. The van der Waals surface area contributed by atoms with Gasteiger partial charge in [0.1, 0.15) is 12.4 Å². The molecule has 1 aromatic heterocycles. The van der Waals surface area contributed by atoms with Crippen LogP contribution in [-0.2, 0) is 13.0 Å². The highest BCUT2D eigenvalue weighted by atomic mass is 16.5. The van der Waals surface area contributed by atoms with Crippen molar-refractivity contribution in [1.82, 2.24) is 9.78 Å². The third kappa shape index (κ3) is 2.67. The molecule has 0 aliphatic heterocycles. The van der Waals surface area contributed by atoms with Gasteiger partial charge in [-0.05, 0) is 30.2 Å². The SMILES string of the molecule is CCc1ccc(OCCn2ncc3ccccc32)cc1. The Morgan fingerprint density at radius 3 is 2.65 bits per heavy atom. The first-order valence-electron chi connectivity index (χ1n) is 6.99. The van der Waals surface area contributed by atoms with E-state index in [2.05, 4.69) is 36.3 Å². The summed E-state index contributed by atoms with van der Waals surface area (Å²) < 4.78 is 7.75. The predicted molar refractivity (Wildman–Crippen MR) is 81.0 cm³/mol. The second-order valence-corrected chi connectivity index (χ2v) is 4.77. The maximum atomic E-state index is 5.77. The van der Waals surface area contributed by atoms with Crippen molar-refractivity contribution in [2.24, 2.45) is 0 Å². The van der Waals surface area contributed by atoms with E-state index in [0.29, 0.717) is 6.61 Å². The second kappa shape index (κ2) is 5.78. The summed E-state index contributed by atoms with van der Waals surface area (Å²) in [5.41, 5.74) is 2.48. The van der Waals surface area contributed by atoms with Gasteiger partial charge in [0.25, 0.3) is 0 Å². The van der Waals surface area contributed by atoms with Crippen molar-refractivity contribution in [1.29, 1.82) is 0 Å². The number of para-hydroxylation sites is 1. The average Bonchev–Trinajstić information content (AvgIpc) is 2.92. The lowest BCUT2D eigenvalue weighted by Gasteiger charge is -2.07. The van der Waals surface area contributed by atoms with Crippen molar-refractivity contribution >= 4 is 10.9 Å². The van der Waals surface area contributed by atoms with Gasteiger partial charge in [0.15, 0.2) is 0 Å². The maximum Gasteiger partial charge on any atom is 0.119 e. The van der Waals surface area contributed by atoms with E-state index < -0.39 is 0 Å². The molecule has 0 saturated heterocycles.